The van der Waals surface area contributed by atoms with Crippen molar-refractivity contribution in [2.75, 3.05) is 0 Å². The van der Waals surface area contributed by atoms with Crippen LogP contribution in [-0.2, 0) is 9.84 Å². The predicted octanol–water partition coefficient (Wildman–Crippen LogP) is 2.59. The summed E-state index contributed by atoms with van der Waals surface area (Å²) in [6, 6.07) is 8.38. The third kappa shape index (κ3) is 1.88. The van der Waals surface area contributed by atoms with Gasteiger partial charge in [0, 0.05) is 4.88 Å². The molecule has 0 amide bonds. The largest absolute Gasteiger partial charge is 0.233 e. The minimum atomic E-state index is -3.43. The molecule has 0 radical (unpaired) electrons. The summed E-state index contributed by atoms with van der Waals surface area (Å²) in [4.78, 5) is 5.32. The van der Waals surface area contributed by atoms with Gasteiger partial charge in [0.15, 0.2) is 0 Å². The van der Waals surface area contributed by atoms with E-state index in [-0.39, 0.29) is 4.34 Å². The molecule has 1 heterocycles. The Kier molecular flexibility index (Phi) is 2.82. The average molecular weight is 253 g/mol. The molecule has 1 aromatic heterocycles. The quantitative estimate of drug-likeness (QED) is 0.826. The van der Waals surface area contributed by atoms with Gasteiger partial charge in [-0.2, -0.15) is 0 Å². The van der Waals surface area contributed by atoms with Gasteiger partial charge in [0.05, 0.1) is 10.6 Å². The maximum atomic E-state index is 12.1. The number of hydrogen-bond acceptors (Lipinski definition) is 4. The van der Waals surface area contributed by atoms with Crippen LogP contribution in [0.3, 0.4) is 0 Å². The van der Waals surface area contributed by atoms with E-state index < -0.39 is 9.84 Å². The molecule has 84 valence electrons. The van der Waals surface area contributed by atoms with Crippen LogP contribution in [0.15, 0.2) is 39.6 Å². The lowest BCUT2D eigenvalue weighted by molar-refractivity contribution is 0.595. The molecular formula is C11H11NO2S2. The van der Waals surface area contributed by atoms with Crippen LogP contribution in [0.4, 0.5) is 0 Å². The van der Waals surface area contributed by atoms with Gasteiger partial charge in [0.1, 0.15) is 0 Å². The molecule has 0 N–H and O–H groups in total. The van der Waals surface area contributed by atoms with Gasteiger partial charge in [-0.1, -0.05) is 18.2 Å². The van der Waals surface area contributed by atoms with E-state index >= 15 is 0 Å². The molecule has 3 nitrogen and oxygen atoms in total. The molecule has 2 rings (SSSR count). The van der Waals surface area contributed by atoms with Gasteiger partial charge in [0.2, 0.25) is 14.2 Å². The summed E-state index contributed by atoms with van der Waals surface area (Å²) < 4.78 is 24.5. The fraction of sp³-hybridized carbons (Fsp3) is 0.182. The maximum Gasteiger partial charge on any atom is 0.233 e. The second-order valence-electron chi connectivity index (χ2n) is 3.44. The van der Waals surface area contributed by atoms with E-state index in [2.05, 4.69) is 4.98 Å². The van der Waals surface area contributed by atoms with Crippen LogP contribution in [0, 0.1) is 13.8 Å². The Bertz CT molecular complexity index is 581. The minimum Gasteiger partial charge on any atom is -0.230 e. The second-order valence-corrected chi connectivity index (χ2v) is 6.76. The number of thiazole rings is 1. The zero-order chi connectivity index (χ0) is 11.8. The molecule has 0 aliphatic rings. The molecule has 0 atom stereocenters. The standard InChI is InChI=1S/C11H11NO2S2/c1-8-9(2)15-11(12-8)16(13,14)10-6-4-3-5-7-10/h3-7H,1-2H3. The Balaban J connectivity index is 2.56. The van der Waals surface area contributed by atoms with Crippen molar-refractivity contribution in [2.45, 2.75) is 23.1 Å². The zero-order valence-electron chi connectivity index (χ0n) is 8.97. The van der Waals surface area contributed by atoms with Gasteiger partial charge >= 0.3 is 0 Å². The van der Waals surface area contributed by atoms with Gasteiger partial charge in [-0.25, -0.2) is 13.4 Å². The number of benzene rings is 1. The van der Waals surface area contributed by atoms with Crippen LogP contribution in [0.2, 0.25) is 0 Å². The van der Waals surface area contributed by atoms with Crippen molar-refractivity contribution in [1.29, 1.82) is 0 Å². The van der Waals surface area contributed by atoms with Crippen molar-refractivity contribution in [3.63, 3.8) is 0 Å². The fourth-order valence-corrected chi connectivity index (χ4v) is 3.97. The molecule has 0 bridgehead atoms. The van der Waals surface area contributed by atoms with Crippen molar-refractivity contribution in [2.24, 2.45) is 0 Å². The molecule has 0 saturated carbocycles. The summed E-state index contributed by atoms with van der Waals surface area (Å²) in [5.74, 6) is 0. The van der Waals surface area contributed by atoms with Crippen molar-refractivity contribution in [3.05, 3.63) is 40.9 Å². The Morgan fingerprint density at radius 2 is 1.75 bits per heavy atom. The first-order chi connectivity index (χ1) is 7.51. The molecule has 0 spiro atoms. The lowest BCUT2D eigenvalue weighted by atomic mass is 10.4. The number of rotatable bonds is 2. The predicted molar refractivity (Wildman–Crippen MR) is 63.5 cm³/mol. The van der Waals surface area contributed by atoms with E-state index in [1.807, 2.05) is 13.8 Å². The van der Waals surface area contributed by atoms with Gasteiger partial charge in [-0.3, -0.25) is 0 Å². The van der Waals surface area contributed by atoms with Crippen LogP contribution >= 0.6 is 11.3 Å². The van der Waals surface area contributed by atoms with Gasteiger partial charge in [-0.15, -0.1) is 11.3 Å². The number of nitrogens with zero attached hydrogens (tertiary/aromatic N) is 1. The first-order valence-corrected chi connectivity index (χ1v) is 7.06. The highest BCUT2D eigenvalue weighted by Crippen LogP contribution is 2.26. The van der Waals surface area contributed by atoms with E-state index in [4.69, 9.17) is 0 Å². The topological polar surface area (TPSA) is 47.0 Å². The highest BCUT2D eigenvalue weighted by atomic mass is 32.2. The third-order valence-corrected chi connectivity index (χ3v) is 5.51. The molecule has 0 fully saturated rings. The zero-order valence-corrected chi connectivity index (χ0v) is 10.6. The fourth-order valence-electron chi connectivity index (χ4n) is 1.26. The SMILES string of the molecule is Cc1nc(S(=O)(=O)c2ccccc2)sc1C. The van der Waals surface area contributed by atoms with E-state index in [1.165, 1.54) is 11.3 Å². The monoisotopic (exact) mass is 253 g/mol. The summed E-state index contributed by atoms with van der Waals surface area (Å²) in [5.41, 5.74) is 0.777. The third-order valence-electron chi connectivity index (χ3n) is 2.29. The van der Waals surface area contributed by atoms with E-state index in [0.717, 1.165) is 10.6 Å². The second kappa shape index (κ2) is 3.99. The van der Waals surface area contributed by atoms with Crippen LogP contribution in [0.5, 0.6) is 0 Å². The molecule has 0 unspecified atom stereocenters. The Hall–Kier alpha value is -1.20. The highest BCUT2D eigenvalue weighted by Gasteiger charge is 2.21. The summed E-state index contributed by atoms with van der Waals surface area (Å²) in [6.07, 6.45) is 0. The minimum absolute atomic E-state index is 0.175. The van der Waals surface area contributed by atoms with Crippen LogP contribution in [-0.4, -0.2) is 13.4 Å². The van der Waals surface area contributed by atoms with Crippen LogP contribution in [0.1, 0.15) is 10.6 Å². The van der Waals surface area contributed by atoms with Crippen molar-refractivity contribution < 1.29 is 8.42 Å². The van der Waals surface area contributed by atoms with Crippen LogP contribution in [0.25, 0.3) is 0 Å². The number of hydrogen-bond donors (Lipinski definition) is 0. The number of sulfone groups is 1. The van der Waals surface area contributed by atoms with Gasteiger partial charge in [0.25, 0.3) is 0 Å². The van der Waals surface area contributed by atoms with Gasteiger partial charge < -0.3 is 0 Å². The summed E-state index contributed by atoms with van der Waals surface area (Å²) in [5, 5.41) is 0. The first-order valence-electron chi connectivity index (χ1n) is 4.76. The highest BCUT2D eigenvalue weighted by molar-refractivity contribution is 7.93. The van der Waals surface area contributed by atoms with Gasteiger partial charge in [-0.05, 0) is 26.0 Å². The summed E-state index contributed by atoms with van der Waals surface area (Å²) in [7, 11) is -3.43. The lowest BCUT2D eigenvalue weighted by Crippen LogP contribution is -2.00. The Morgan fingerprint density at radius 3 is 2.25 bits per heavy atom. The normalized spacial score (nSPS) is 11.6. The molecule has 0 aliphatic carbocycles. The van der Waals surface area contributed by atoms with Crippen molar-refractivity contribution in [3.8, 4) is 0 Å². The molecule has 0 aliphatic heterocycles. The Morgan fingerprint density at radius 1 is 1.12 bits per heavy atom. The molecule has 2 aromatic rings. The number of aryl methyl sites for hydroxylation is 2. The summed E-state index contributed by atoms with van der Waals surface area (Å²) in [6.45, 7) is 3.69. The number of aromatic nitrogens is 1. The van der Waals surface area contributed by atoms with Crippen molar-refractivity contribution >= 4 is 21.2 Å². The van der Waals surface area contributed by atoms with E-state index in [1.54, 1.807) is 30.3 Å². The Labute approximate surface area is 98.7 Å². The molecule has 16 heavy (non-hydrogen) atoms. The lowest BCUT2D eigenvalue weighted by Gasteiger charge is -1.98. The smallest absolute Gasteiger partial charge is 0.230 e. The van der Waals surface area contributed by atoms with Crippen LogP contribution < -0.4 is 0 Å². The molecule has 5 heteroatoms. The van der Waals surface area contributed by atoms with E-state index in [9.17, 15) is 8.42 Å². The first kappa shape index (κ1) is 11.3. The molecular weight excluding hydrogens is 242 g/mol. The van der Waals surface area contributed by atoms with Crippen molar-refractivity contribution in [1.82, 2.24) is 4.98 Å². The maximum absolute atomic E-state index is 12.1. The average Bonchev–Trinajstić information content (AvgIpc) is 2.61. The summed E-state index contributed by atoms with van der Waals surface area (Å²) >= 11 is 1.22. The molecule has 0 saturated heterocycles. The molecule has 1 aromatic carbocycles. The van der Waals surface area contributed by atoms with E-state index in [0.29, 0.717) is 4.90 Å².